The van der Waals surface area contributed by atoms with Crippen LogP contribution in [0.4, 0.5) is 0 Å². The standard InChI is InChI=1S/C32H40N2O2/c35-29(14-25-11-12-34(22-25)21-24-7-3-1-4-8-24)20-33-30(36)19-31-15-26-13-27(16-31)18-32(17-26,23-31)28-9-5-2-6-10-28/h1-10,25-27H,11-23H2,(H,33,36)/t25-,26?,27?,31?,32?/m0/s1. The molecule has 2 aromatic carbocycles. The molecule has 5 aliphatic rings. The molecule has 0 radical (unpaired) electrons. The van der Waals surface area contributed by atoms with E-state index in [2.05, 4.69) is 64.8 Å². The monoisotopic (exact) mass is 484 g/mol. The van der Waals surface area contributed by atoms with E-state index in [0.29, 0.717) is 18.8 Å². The Balaban J connectivity index is 0.997. The van der Waals surface area contributed by atoms with Crippen LogP contribution in [0.3, 0.4) is 0 Å². The number of Topliss-reactive ketones (excluding diaryl/α,β-unsaturated/α-hetero) is 1. The molecule has 3 atom stereocenters. The minimum absolute atomic E-state index is 0.0886. The van der Waals surface area contributed by atoms with Gasteiger partial charge in [0.15, 0.2) is 5.78 Å². The summed E-state index contributed by atoms with van der Waals surface area (Å²) in [5.74, 6) is 2.18. The molecule has 0 spiro atoms. The number of nitrogens with one attached hydrogen (secondary N) is 1. The number of hydrogen-bond donors (Lipinski definition) is 1. The first kappa shape index (κ1) is 23.9. The van der Waals surface area contributed by atoms with Gasteiger partial charge in [-0.3, -0.25) is 14.5 Å². The number of carbonyl (C=O) groups is 2. The lowest BCUT2D eigenvalue weighted by molar-refractivity contribution is -0.133. The molecule has 4 nitrogen and oxygen atoms in total. The van der Waals surface area contributed by atoms with Crippen LogP contribution in [0.25, 0.3) is 0 Å². The smallest absolute Gasteiger partial charge is 0.220 e. The maximum atomic E-state index is 13.1. The molecule has 4 heteroatoms. The lowest BCUT2D eigenvalue weighted by Crippen LogP contribution is -2.55. The SMILES string of the molecule is O=C(CNC(=O)CC12CC3CC(C1)CC(c1ccccc1)(C3)C2)C[C@@H]1CCN(Cc2ccccc2)C1. The zero-order valence-electron chi connectivity index (χ0n) is 21.5. The molecule has 1 amide bonds. The van der Waals surface area contributed by atoms with Crippen LogP contribution in [0.15, 0.2) is 60.7 Å². The highest BCUT2D eigenvalue weighted by Crippen LogP contribution is 2.66. The van der Waals surface area contributed by atoms with Crippen molar-refractivity contribution in [3.8, 4) is 0 Å². The quantitative estimate of drug-likeness (QED) is 0.510. The zero-order valence-corrected chi connectivity index (χ0v) is 21.5. The lowest BCUT2D eigenvalue weighted by atomic mass is 9.42. The molecular formula is C32H40N2O2. The van der Waals surface area contributed by atoms with Gasteiger partial charge in [0.05, 0.1) is 6.54 Å². The van der Waals surface area contributed by atoms with Gasteiger partial charge in [-0.05, 0) is 91.2 Å². The molecule has 4 bridgehead atoms. The maximum absolute atomic E-state index is 13.1. The van der Waals surface area contributed by atoms with Gasteiger partial charge in [0.1, 0.15) is 0 Å². The van der Waals surface area contributed by atoms with E-state index in [4.69, 9.17) is 0 Å². The van der Waals surface area contributed by atoms with E-state index in [0.717, 1.165) is 44.3 Å². The van der Waals surface area contributed by atoms with Crippen molar-refractivity contribution >= 4 is 11.7 Å². The van der Waals surface area contributed by atoms with Crippen LogP contribution < -0.4 is 5.32 Å². The van der Waals surface area contributed by atoms with Crippen LogP contribution in [0.1, 0.15) is 68.9 Å². The normalized spacial score (nSPS) is 33.1. The van der Waals surface area contributed by atoms with Crippen molar-refractivity contribution in [1.82, 2.24) is 10.2 Å². The maximum Gasteiger partial charge on any atom is 0.220 e. The van der Waals surface area contributed by atoms with Crippen molar-refractivity contribution in [2.45, 2.75) is 69.7 Å². The summed E-state index contributed by atoms with van der Waals surface area (Å²) in [4.78, 5) is 28.3. The Morgan fingerprint density at radius 2 is 1.61 bits per heavy atom. The van der Waals surface area contributed by atoms with Crippen LogP contribution in [-0.2, 0) is 21.5 Å². The molecule has 36 heavy (non-hydrogen) atoms. The van der Waals surface area contributed by atoms with Crippen molar-refractivity contribution < 1.29 is 9.59 Å². The largest absolute Gasteiger partial charge is 0.349 e. The third-order valence-electron chi connectivity index (χ3n) is 9.72. The number of likely N-dealkylation sites (tertiary alicyclic amines) is 1. The molecule has 1 heterocycles. The van der Waals surface area contributed by atoms with E-state index in [1.807, 2.05) is 6.07 Å². The van der Waals surface area contributed by atoms with Crippen molar-refractivity contribution in [3.63, 3.8) is 0 Å². The molecule has 190 valence electrons. The number of hydrogen-bond acceptors (Lipinski definition) is 3. The first-order valence-electron chi connectivity index (χ1n) is 14.1. The van der Waals surface area contributed by atoms with Crippen LogP contribution in [0.2, 0.25) is 0 Å². The van der Waals surface area contributed by atoms with Gasteiger partial charge in [-0.25, -0.2) is 0 Å². The third-order valence-corrected chi connectivity index (χ3v) is 9.72. The predicted molar refractivity (Wildman–Crippen MR) is 142 cm³/mol. The highest BCUT2D eigenvalue weighted by atomic mass is 16.2. The first-order valence-corrected chi connectivity index (χ1v) is 14.1. The van der Waals surface area contributed by atoms with Crippen molar-refractivity contribution in [3.05, 3.63) is 71.8 Å². The average molecular weight is 485 g/mol. The molecule has 2 unspecified atom stereocenters. The van der Waals surface area contributed by atoms with E-state index in [1.54, 1.807) is 0 Å². The Kier molecular flexibility index (Phi) is 6.49. The molecule has 4 aliphatic carbocycles. The third kappa shape index (κ3) is 5.02. The minimum Gasteiger partial charge on any atom is -0.349 e. The molecule has 1 saturated heterocycles. The van der Waals surface area contributed by atoms with E-state index in [9.17, 15) is 9.59 Å². The Labute approximate surface area is 215 Å². The van der Waals surface area contributed by atoms with Gasteiger partial charge < -0.3 is 5.32 Å². The van der Waals surface area contributed by atoms with Gasteiger partial charge in [0.25, 0.3) is 0 Å². The second kappa shape index (κ2) is 9.78. The summed E-state index contributed by atoms with van der Waals surface area (Å²) < 4.78 is 0. The van der Waals surface area contributed by atoms with E-state index in [-0.39, 0.29) is 29.1 Å². The second-order valence-corrected chi connectivity index (χ2v) is 12.7. The highest BCUT2D eigenvalue weighted by Gasteiger charge is 2.58. The Morgan fingerprint density at radius 3 is 2.33 bits per heavy atom. The van der Waals surface area contributed by atoms with Crippen LogP contribution in [0, 0.1) is 23.2 Å². The molecule has 0 aromatic heterocycles. The van der Waals surface area contributed by atoms with Crippen molar-refractivity contribution in [1.29, 1.82) is 0 Å². The van der Waals surface area contributed by atoms with Gasteiger partial charge in [-0.2, -0.15) is 0 Å². The fourth-order valence-electron chi connectivity index (χ4n) is 8.85. The summed E-state index contributed by atoms with van der Waals surface area (Å²) in [6.07, 6.45) is 9.69. The van der Waals surface area contributed by atoms with E-state index >= 15 is 0 Å². The number of benzene rings is 2. The summed E-state index contributed by atoms with van der Waals surface area (Å²) in [7, 11) is 0. The van der Waals surface area contributed by atoms with Gasteiger partial charge >= 0.3 is 0 Å². The second-order valence-electron chi connectivity index (χ2n) is 12.7. The van der Waals surface area contributed by atoms with Crippen molar-refractivity contribution in [2.24, 2.45) is 23.2 Å². The summed E-state index contributed by atoms with van der Waals surface area (Å²) >= 11 is 0. The van der Waals surface area contributed by atoms with Gasteiger partial charge in [0.2, 0.25) is 5.91 Å². The number of rotatable bonds is 9. The first-order chi connectivity index (χ1) is 17.5. The summed E-state index contributed by atoms with van der Waals surface area (Å²) in [5, 5.41) is 3.03. The Hall–Kier alpha value is -2.46. The topological polar surface area (TPSA) is 49.4 Å². The highest BCUT2D eigenvalue weighted by molar-refractivity contribution is 5.86. The summed E-state index contributed by atoms with van der Waals surface area (Å²) in [6.45, 7) is 3.17. The molecule has 1 N–H and O–H groups in total. The van der Waals surface area contributed by atoms with Crippen LogP contribution in [-0.4, -0.2) is 36.2 Å². The molecule has 5 fully saturated rings. The van der Waals surface area contributed by atoms with E-state index in [1.165, 1.54) is 43.2 Å². The number of ketones is 1. The Morgan fingerprint density at radius 1 is 0.917 bits per heavy atom. The molecule has 2 aromatic rings. The number of nitrogens with zero attached hydrogens (tertiary/aromatic N) is 1. The number of amides is 1. The molecule has 7 rings (SSSR count). The fraction of sp³-hybridized carbons (Fsp3) is 0.562. The average Bonchev–Trinajstić information content (AvgIpc) is 3.29. The van der Waals surface area contributed by atoms with Crippen LogP contribution >= 0.6 is 0 Å². The molecular weight excluding hydrogens is 444 g/mol. The summed E-state index contributed by atoms with van der Waals surface area (Å²) in [6, 6.07) is 21.6. The number of carbonyl (C=O) groups excluding carboxylic acids is 2. The Bertz CT molecular complexity index is 1070. The van der Waals surface area contributed by atoms with Gasteiger partial charge in [-0.1, -0.05) is 60.7 Å². The van der Waals surface area contributed by atoms with Crippen molar-refractivity contribution in [2.75, 3.05) is 19.6 Å². The predicted octanol–water partition coefficient (Wildman–Crippen LogP) is 5.51. The lowest BCUT2D eigenvalue weighted by Gasteiger charge is -2.62. The zero-order chi connectivity index (χ0) is 24.6. The fourth-order valence-corrected chi connectivity index (χ4v) is 8.85. The summed E-state index contributed by atoms with van der Waals surface area (Å²) in [5.41, 5.74) is 3.19. The van der Waals surface area contributed by atoms with Gasteiger partial charge in [-0.15, -0.1) is 0 Å². The minimum atomic E-state index is 0.0886. The molecule has 4 saturated carbocycles. The molecule has 1 aliphatic heterocycles. The van der Waals surface area contributed by atoms with Crippen LogP contribution in [0.5, 0.6) is 0 Å². The van der Waals surface area contributed by atoms with E-state index < -0.39 is 0 Å². The van der Waals surface area contributed by atoms with Gasteiger partial charge in [0, 0.05) is 25.9 Å².